The van der Waals surface area contributed by atoms with Gasteiger partial charge in [0.2, 0.25) is 0 Å². The molecule has 0 fully saturated rings. The third-order valence-electron chi connectivity index (χ3n) is 3.18. The van der Waals surface area contributed by atoms with Crippen LogP contribution in [0.15, 0.2) is 54.1 Å². The Morgan fingerprint density at radius 3 is 2.59 bits per heavy atom. The largest absolute Gasteiger partial charge is 0.385 e. The molecule has 1 aliphatic carbocycles. The van der Waals surface area contributed by atoms with E-state index in [0.717, 1.165) is 11.1 Å². The molecule has 86 valence electrons. The Morgan fingerprint density at radius 1 is 1.18 bits per heavy atom. The van der Waals surface area contributed by atoms with Gasteiger partial charge in [-0.3, -0.25) is 0 Å². The van der Waals surface area contributed by atoms with Crippen molar-refractivity contribution in [2.75, 3.05) is 0 Å². The van der Waals surface area contributed by atoms with E-state index in [1.807, 2.05) is 62.4 Å². The third-order valence-corrected chi connectivity index (χ3v) is 3.18. The number of hydrogen-bond donors (Lipinski definition) is 1. The van der Waals surface area contributed by atoms with E-state index in [1.165, 1.54) is 0 Å². The van der Waals surface area contributed by atoms with Crippen molar-refractivity contribution in [1.29, 1.82) is 0 Å². The fraction of sp³-hybridized carbons (Fsp3) is 0.250. The zero-order chi connectivity index (χ0) is 12.3. The van der Waals surface area contributed by atoms with E-state index >= 15 is 0 Å². The van der Waals surface area contributed by atoms with Crippen LogP contribution >= 0.6 is 0 Å². The maximum absolute atomic E-state index is 10.1. The highest BCUT2D eigenvalue weighted by molar-refractivity contribution is 5.45. The Kier molecular flexibility index (Phi) is 3.17. The molecule has 1 aromatic carbocycles. The number of rotatable bonds is 0. The molecule has 17 heavy (non-hydrogen) atoms. The van der Waals surface area contributed by atoms with E-state index in [2.05, 4.69) is 11.8 Å². The van der Waals surface area contributed by atoms with Gasteiger partial charge in [-0.05, 0) is 19.1 Å². The summed E-state index contributed by atoms with van der Waals surface area (Å²) in [4.78, 5) is 0. The van der Waals surface area contributed by atoms with Gasteiger partial charge in [0.1, 0.15) is 0 Å². The Hall–Kier alpha value is -1.78. The van der Waals surface area contributed by atoms with Gasteiger partial charge in [0.25, 0.3) is 0 Å². The van der Waals surface area contributed by atoms with Gasteiger partial charge >= 0.3 is 0 Å². The maximum Gasteiger partial charge on any atom is 0.0874 e. The summed E-state index contributed by atoms with van der Waals surface area (Å²) in [5, 5.41) is 10.1. The van der Waals surface area contributed by atoms with Gasteiger partial charge in [0.05, 0.1) is 5.60 Å². The summed E-state index contributed by atoms with van der Waals surface area (Å²) in [6.07, 6.45) is 5.65. The highest BCUT2D eigenvalue weighted by Crippen LogP contribution is 2.28. The lowest BCUT2D eigenvalue weighted by atomic mass is 9.81. The van der Waals surface area contributed by atoms with E-state index in [-0.39, 0.29) is 5.92 Å². The standard InChI is InChI=1S/C16H16O/c1-13-15(9-6-12-16(13,2)17)11-10-14-7-4-3-5-8-14/h3-9,12-13,17H,1-2H3. The summed E-state index contributed by atoms with van der Waals surface area (Å²) < 4.78 is 0. The summed E-state index contributed by atoms with van der Waals surface area (Å²) in [7, 11) is 0. The van der Waals surface area contributed by atoms with Crippen LogP contribution in [-0.2, 0) is 0 Å². The molecule has 2 rings (SSSR count). The Bertz CT molecular complexity index is 509. The van der Waals surface area contributed by atoms with Gasteiger partial charge in [-0.1, -0.05) is 55.2 Å². The predicted octanol–water partition coefficient (Wildman–Crippen LogP) is 2.92. The van der Waals surface area contributed by atoms with Crippen molar-refractivity contribution >= 4 is 0 Å². The summed E-state index contributed by atoms with van der Waals surface area (Å²) in [6.45, 7) is 3.81. The average molecular weight is 224 g/mol. The molecule has 1 nitrogen and oxygen atoms in total. The van der Waals surface area contributed by atoms with Crippen LogP contribution in [0.2, 0.25) is 0 Å². The highest BCUT2D eigenvalue weighted by atomic mass is 16.3. The van der Waals surface area contributed by atoms with Crippen molar-refractivity contribution in [2.24, 2.45) is 5.92 Å². The van der Waals surface area contributed by atoms with Crippen molar-refractivity contribution in [1.82, 2.24) is 0 Å². The maximum atomic E-state index is 10.1. The molecule has 1 N–H and O–H groups in total. The zero-order valence-electron chi connectivity index (χ0n) is 10.1. The third kappa shape index (κ3) is 2.67. The van der Waals surface area contributed by atoms with Crippen molar-refractivity contribution in [3.05, 3.63) is 59.7 Å². The van der Waals surface area contributed by atoms with Crippen LogP contribution in [0.4, 0.5) is 0 Å². The molecule has 1 heteroatoms. The van der Waals surface area contributed by atoms with Gasteiger partial charge in [0.15, 0.2) is 0 Å². The molecule has 0 saturated carbocycles. The molecular weight excluding hydrogens is 208 g/mol. The smallest absolute Gasteiger partial charge is 0.0874 e. The van der Waals surface area contributed by atoms with Crippen molar-refractivity contribution in [3.63, 3.8) is 0 Å². The van der Waals surface area contributed by atoms with Crippen LogP contribution in [0, 0.1) is 17.8 Å². The second kappa shape index (κ2) is 4.61. The monoisotopic (exact) mass is 224 g/mol. The highest BCUT2D eigenvalue weighted by Gasteiger charge is 2.29. The normalized spacial score (nSPS) is 27.0. The van der Waals surface area contributed by atoms with Crippen molar-refractivity contribution < 1.29 is 5.11 Å². The Balaban J connectivity index is 2.24. The molecule has 0 aromatic heterocycles. The summed E-state index contributed by atoms with van der Waals surface area (Å²) >= 11 is 0. The minimum absolute atomic E-state index is 0.0312. The predicted molar refractivity (Wildman–Crippen MR) is 70.3 cm³/mol. The number of benzene rings is 1. The fourth-order valence-corrected chi connectivity index (χ4v) is 1.77. The molecular formula is C16H16O. The molecule has 1 aromatic rings. The second-order valence-electron chi connectivity index (χ2n) is 4.54. The van der Waals surface area contributed by atoms with E-state index in [9.17, 15) is 5.11 Å². The number of allylic oxidation sites excluding steroid dienone is 2. The van der Waals surface area contributed by atoms with Crippen LogP contribution < -0.4 is 0 Å². The molecule has 0 amide bonds. The quantitative estimate of drug-likeness (QED) is 0.672. The first-order valence-electron chi connectivity index (χ1n) is 5.78. The molecule has 0 spiro atoms. The van der Waals surface area contributed by atoms with Crippen molar-refractivity contribution in [2.45, 2.75) is 19.4 Å². The molecule has 0 heterocycles. The number of aliphatic hydroxyl groups is 1. The SMILES string of the molecule is CC1C(C#Cc2ccccc2)=CC=CC1(C)O. The van der Waals surface area contributed by atoms with E-state index in [0.29, 0.717) is 0 Å². The first-order valence-corrected chi connectivity index (χ1v) is 5.78. The van der Waals surface area contributed by atoms with Crippen LogP contribution in [-0.4, -0.2) is 10.7 Å². The van der Waals surface area contributed by atoms with Gasteiger partial charge in [-0.2, -0.15) is 0 Å². The van der Waals surface area contributed by atoms with E-state index in [1.54, 1.807) is 0 Å². The van der Waals surface area contributed by atoms with Gasteiger partial charge in [0, 0.05) is 17.1 Å². The van der Waals surface area contributed by atoms with Crippen LogP contribution in [0.1, 0.15) is 19.4 Å². The Labute approximate surface area is 102 Å². The first-order chi connectivity index (χ1) is 8.09. The summed E-state index contributed by atoms with van der Waals surface area (Å²) in [6, 6.07) is 9.88. The zero-order valence-corrected chi connectivity index (χ0v) is 10.1. The Morgan fingerprint density at radius 2 is 1.88 bits per heavy atom. The van der Waals surface area contributed by atoms with Gasteiger partial charge in [-0.15, -0.1) is 0 Å². The van der Waals surface area contributed by atoms with E-state index in [4.69, 9.17) is 0 Å². The lowest BCUT2D eigenvalue weighted by Crippen LogP contribution is -2.32. The topological polar surface area (TPSA) is 20.2 Å². The lowest BCUT2D eigenvalue weighted by Gasteiger charge is -2.29. The molecule has 2 unspecified atom stereocenters. The van der Waals surface area contributed by atoms with Crippen LogP contribution in [0.3, 0.4) is 0 Å². The fourth-order valence-electron chi connectivity index (χ4n) is 1.77. The van der Waals surface area contributed by atoms with Gasteiger partial charge in [-0.25, -0.2) is 0 Å². The van der Waals surface area contributed by atoms with Crippen molar-refractivity contribution in [3.8, 4) is 11.8 Å². The number of hydrogen-bond acceptors (Lipinski definition) is 1. The minimum atomic E-state index is -0.796. The van der Waals surface area contributed by atoms with Gasteiger partial charge < -0.3 is 5.11 Å². The summed E-state index contributed by atoms with van der Waals surface area (Å²) in [5.41, 5.74) is 1.17. The van der Waals surface area contributed by atoms with Crippen LogP contribution in [0.5, 0.6) is 0 Å². The molecule has 0 radical (unpaired) electrons. The first kappa shape index (κ1) is 11.7. The second-order valence-corrected chi connectivity index (χ2v) is 4.54. The summed E-state index contributed by atoms with van der Waals surface area (Å²) in [5.74, 6) is 6.29. The molecule has 0 saturated heterocycles. The molecule has 0 bridgehead atoms. The molecule has 0 aliphatic heterocycles. The van der Waals surface area contributed by atoms with E-state index < -0.39 is 5.60 Å². The molecule has 1 aliphatic rings. The average Bonchev–Trinajstić information content (AvgIpc) is 2.32. The lowest BCUT2D eigenvalue weighted by molar-refractivity contribution is 0.0700. The molecule has 2 atom stereocenters. The minimum Gasteiger partial charge on any atom is -0.385 e. The van der Waals surface area contributed by atoms with Crippen LogP contribution in [0.25, 0.3) is 0 Å².